The molecule has 3 nitrogen and oxygen atoms in total. The van der Waals surface area contributed by atoms with E-state index in [4.69, 9.17) is 14.7 Å². The molecule has 0 saturated heterocycles. The summed E-state index contributed by atoms with van der Waals surface area (Å²) in [6.45, 7) is 115. The molecule has 0 aliphatic carbocycles. The van der Waals surface area contributed by atoms with E-state index in [0.717, 1.165) is 0 Å². The summed E-state index contributed by atoms with van der Waals surface area (Å²) in [7, 11) is -8.83. The highest BCUT2D eigenvalue weighted by molar-refractivity contribution is 8.02. The highest BCUT2D eigenvalue weighted by atomic mass is 31.2. The molecule has 8 aromatic carbocycles. The van der Waals surface area contributed by atoms with E-state index in [1.54, 1.807) is 0 Å². The molecular weight excluding hydrogens is 1490 g/mol. The molecule has 6 heteroatoms. The van der Waals surface area contributed by atoms with Crippen LogP contribution < -0.4 is 57.1 Å². The largest absolute Gasteiger partial charge is 1.00 e. The fraction of sp³-hybridized carbons (Fsp3) is 0.571. The Bertz CT molecular complexity index is 3940. The minimum atomic E-state index is -3.37. The van der Waals surface area contributed by atoms with Crippen LogP contribution in [0.1, 0.15) is 423 Å². The van der Waals surface area contributed by atoms with E-state index in [1.807, 2.05) is 0 Å². The Balaban J connectivity index is 0.000000402. The van der Waals surface area contributed by atoms with E-state index in [9.17, 15) is 0 Å². The molecule has 0 N–H and O–H groups in total. The first-order valence-corrected chi connectivity index (χ1v) is 48.9. The molecule has 118 heavy (non-hydrogen) atoms. The summed E-state index contributed by atoms with van der Waals surface area (Å²) >= 11 is 0. The van der Waals surface area contributed by atoms with Crippen LogP contribution in [0.2, 0.25) is 0 Å². The second kappa shape index (κ2) is 33.8. The van der Waals surface area contributed by atoms with Crippen molar-refractivity contribution in [2.24, 2.45) is 0 Å². The molecule has 0 aromatic heterocycles. The van der Waals surface area contributed by atoms with Crippen LogP contribution in [0.3, 0.4) is 0 Å². The lowest BCUT2D eigenvalue weighted by molar-refractivity contribution is -0.407. The van der Waals surface area contributed by atoms with Crippen LogP contribution >= 0.6 is 23.1 Å². The molecule has 0 heterocycles. The van der Waals surface area contributed by atoms with Crippen molar-refractivity contribution in [2.75, 3.05) is 0 Å². The van der Waals surface area contributed by atoms with E-state index >= 15 is 0 Å². The fourth-order valence-corrected chi connectivity index (χ4v) is 28.3. The molecule has 8 aromatic rings. The zero-order valence-corrected chi connectivity index (χ0v) is 87.1. The summed E-state index contributed by atoms with van der Waals surface area (Å²) in [6.07, 6.45) is 0. The quantitative estimate of drug-likeness (QED) is 0.142. The van der Waals surface area contributed by atoms with Gasteiger partial charge in [-0.3, -0.25) is 0 Å². The molecule has 0 unspecified atom stereocenters. The van der Waals surface area contributed by atoms with Gasteiger partial charge in [0, 0.05) is 44.5 Å². The van der Waals surface area contributed by atoms with E-state index < -0.39 is 23.1 Å². The standard InChI is InChI=1S/2C56H84P.O3P/c2*1-49(2,3)37-25-29-45(41(33-37)53(13,14)15)57(46-30-26-38(50(4,5)6)34-42(46)54(16,17)18,47-31-27-39(51(7,8)9)35-43(47)55(19,20)21)48-32-28-40(52(10,11)12)36-44(48)56(22,23)24;1-4(2)3/h2*25-36H,1-24H3;/q2*+1;-3/p+1. The van der Waals surface area contributed by atoms with Crippen LogP contribution in [0, 0.1) is 0 Å². The number of hydrogen-bond acceptors (Lipinski definition) is 3. The minimum absolute atomic E-state index is 0. The Morgan fingerprint density at radius 2 is 0.229 bits per heavy atom. The average Bonchev–Trinajstić information content (AvgIpc) is 0.695. The summed E-state index contributed by atoms with van der Waals surface area (Å²) < 4.78 is 0. The van der Waals surface area contributed by atoms with Gasteiger partial charge in [0.2, 0.25) is 0 Å². The summed E-state index contributed by atoms with van der Waals surface area (Å²) in [6, 6.07) is 61.5. The molecule has 0 atom stereocenters. The third-order valence-corrected chi connectivity index (χ3v) is 33.2. The first kappa shape index (κ1) is 102. The smallest absolute Gasteiger partial charge is 0.854 e. The summed E-state index contributed by atoms with van der Waals surface area (Å²) in [5.41, 5.74) is 22.0. The SMILES string of the molecule is CC(C)(C)c1ccc([P+](c2ccc(C(C)(C)C)cc2C(C)(C)C)(c2ccc(C(C)(C)C)cc2C(C)(C)C)c2ccc(C(C)(C)C)cc2C(C)(C)C)c(C(C)(C)C)c1.CC(C)(C)c1ccc([P+](c2ccc(C(C)(C)C)cc2C(C)(C)C)(c2ccc(C(C)(C)C)cc2C(C)(C)C)c2ccc(C(C)(C)C)cc2C(C)(C)C)c(C(C)(C)C)c1.[H+].[O-]P([O-])[O-]. The Morgan fingerprint density at radius 3 is 0.288 bits per heavy atom. The predicted octanol–water partition coefficient (Wildman–Crippen LogP) is 26.8. The average molecular weight is 1660 g/mol. The lowest BCUT2D eigenvalue weighted by Crippen LogP contribution is -2.48. The Kier molecular flexibility index (Phi) is 29.1. The van der Waals surface area contributed by atoms with E-state index in [1.165, 1.54) is 131 Å². The molecule has 650 valence electrons. The van der Waals surface area contributed by atoms with Gasteiger partial charge in [0.25, 0.3) is 0 Å². The van der Waals surface area contributed by atoms with Gasteiger partial charge in [0.1, 0.15) is 57.0 Å². The van der Waals surface area contributed by atoms with Gasteiger partial charge in [0.05, 0.1) is 0 Å². The highest BCUT2D eigenvalue weighted by Crippen LogP contribution is 2.64. The molecular formula is C112H169O3P3. The van der Waals surface area contributed by atoms with E-state index in [2.05, 4.69) is 478 Å². The third-order valence-electron chi connectivity index (χ3n) is 24.3. The highest BCUT2D eigenvalue weighted by Gasteiger charge is 2.59. The first-order chi connectivity index (χ1) is 52.4. The molecule has 0 radical (unpaired) electrons. The summed E-state index contributed by atoms with van der Waals surface area (Å²) in [5.74, 6) is 0. The maximum atomic E-state index is 8.48. The van der Waals surface area contributed by atoms with Gasteiger partial charge < -0.3 is 23.3 Å². The second-order valence-electron chi connectivity index (χ2n) is 51.4. The van der Waals surface area contributed by atoms with E-state index in [-0.39, 0.29) is 88.1 Å². The maximum Gasteiger partial charge on any atom is 1.00 e. The monoisotopic (exact) mass is 1660 g/mol. The van der Waals surface area contributed by atoms with Crippen molar-refractivity contribution in [3.63, 3.8) is 0 Å². The van der Waals surface area contributed by atoms with Crippen molar-refractivity contribution in [3.8, 4) is 0 Å². The van der Waals surface area contributed by atoms with Crippen molar-refractivity contribution in [2.45, 2.75) is 419 Å². The van der Waals surface area contributed by atoms with Gasteiger partial charge in [-0.1, -0.05) is 429 Å². The Morgan fingerprint density at radius 1 is 0.153 bits per heavy atom. The van der Waals surface area contributed by atoms with Crippen molar-refractivity contribution >= 4 is 65.6 Å². The topological polar surface area (TPSA) is 69.2 Å². The molecule has 0 saturated carbocycles. The van der Waals surface area contributed by atoms with Crippen molar-refractivity contribution in [1.82, 2.24) is 0 Å². The second-order valence-corrected chi connectivity index (χ2v) is 58.4. The third kappa shape index (κ3) is 22.7. The lowest BCUT2D eigenvalue weighted by Gasteiger charge is -2.41. The number of benzene rings is 8. The molecule has 0 aliphatic heterocycles. The molecule has 0 amide bonds. The Labute approximate surface area is 730 Å². The Hall–Kier alpha value is -5.07. The van der Waals surface area contributed by atoms with Crippen LogP contribution in [0.25, 0.3) is 0 Å². The van der Waals surface area contributed by atoms with Gasteiger partial charge in [-0.2, -0.15) is 0 Å². The van der Waals surface area contributed by atoms with Crippen LogP contribution in [-0.4, -0.2) is 0 Å². The molecule has 8 rings (SSSR count). The summed E-state index contributed by atoms with van der Waals surface area (Å²) in [4.78, 5) is 25.4. The van der Waals surface area contributed by atoms with Crippen molar-refractivity contribution in [3.05, 3.63) is 235 Å². The van der Waals surface area contributed by atoms with Gasteiger partial charge in [-0.25, -0.2) is 0 Å². The zero-order chi connectivity index (χ0) is 91.4. The molecule has 0 bridgehead atoms. The van der Waals surface area contributed by atoms with Crippen molar-refractivity contribution < 1.29 is 16.1 Å². The first-order valence-electron chi connectivity index (χ1n) is 44.2. The van der Waals surface area contributed by atoms with Gasteiger partial charge >= 0.3 is 1.43 Å². The normalized spacial score (nSPS) is 14.1. The molecule has 0 fully saturated rings. The lowest BCUT2D eigenvalue weighted by atomic mass is 9.80. The summed E-state index contributed by atoms with van der Waals surface area (Å²) in [5, 5.41) is 12.0. The number of rotatable bonds is 8. The van der Waals surface area contributed by atoms with Gasteiger partial charge in [0.15, 0.2) is 0 Å². The van der Waals surface area contributed by atoms with Gasteiger partial charge in [-0.05, 0) is 180 Å². The van der Waals surface area contributed by atoms with E-state index in [0.29, 0.717) is 0 Å². The number of hydrogen-bond donors (Lipinski definition) is 0. The zero-order valence-electron chi connectivity index (χ0n) is 85.4. The van der Waals surface area contributed by atoms with Crippen molar-refractivity contribution in [1.29, 1.82) is 0 Å². The van der Waals surface area contributed by atoms with Crippen LogP contribution in [0.4, 0.5) is 0 Å². The van der Waals surface area contributed by atoms with Crippen LogP contribution in [0.15, 0.2) is 146 Å². The minimum Gasteiger partial charge on any atom is -0.854 e. The molecule has 0 aliphatic rings. The molecule has 0 spiro atoms. The van der Waals surface area contributed by atoms with Crippen LogP contribution in [-0.2, 0) is 86.6 Å². The fourth-order valence-electron chi connectivity index (χ4n) is 16.7. The predicted molar refractivity (Wildman–Crippen MR) is 530 cm³/mol. The maximum absolute atomic E-state index is 8.48. The van der Waals surface area contributed by atoms with Crippen LogP contribution in [0.5, 0.6) is 0 Å². The van der Waals surface area contributed by atoms with Gasteiger partial charge in [-0.15, -0.1) is 0 Å².